The number of allylic oxidation sites excluding steroid dienone is 1. The lowest BCUT2D eigenvalue weighted by molar-refractivity contribution is -0.138. The van der Waals surface area contributed by atoms with Crippen molar-refractivity contribution in [1.29, 1.82) is 0 Å². The molecule has 0 rings (SSSR count). The molecule has 0 spiro atoms. The highest BCUT2D eigenvalue weighted by Gasteiger charge is 1.96. The predicted molar refractivity (Wildman–Crippen MR) is 141 cm³/mol. The molecule has 0 aromatic carbocycles. The molecule has 0 heterocycles. The summed E-state index contributed by atoms with van der Waals surface area (Å²) in [5.41, 5.74) is 0. The Labute approximate surface area is 201 Å². The van der Waals surface area contributed by atoms with Gasteiger partial charge in [0.2, 0.25) is 0 Å². The minimum atomic E-state index is -0.464. The fraction of sp³-hybridized carbons (Fsp3) is 0.897. The van der Waals surface area contributed by atoms with E-state index in [2.05, 4.69) is 11.8 Å². The molecule has 0 atom stereocenters. The van der Waals surface area contributed by atoms with Crippen LogP contribution in [0.5, 0.6) is 0 Å². The summed E-state index contributed by atoms with van der Waals surface area (Å²) in [7, 11) is 0. The minimum absolute atomic E-state index is 0.464. The normalized spacial score (nSPS) is 11.4. The van der Waals surface area contributed by atoms with E-state index in [1.54, 1.807) is 0 Å². The maximum absolute atomic E-state index is 10.8. The highest BCUT2D eigenvalue weighted by atomic mass is 16.7. The second kappa shape index (κ2) is 28.2. The van der Waals surface area contributed by atoms with Crippen molar-refractivity contribution in [1.82, 2.24) is 0 Å². The first-order valence-corrected chi connectivity index (χ1v) is 14.4. The van der Waals surface area contributed by atoms with Crippen molar-refractivity contribution in [3.63, 3.8) is 0 Å². The molecule has 0 aromatic heterocycles. The molecule has 3 nitrogen and oxygen atoms in total. The van der Waals surface area contributed by atoms with Crippen LogP contribution in [-0.2, 0) is 9.63 Å². The molecule has 32 heavy (non-hydrogen) atoms. The van der Waals surface area contributed by atoms with Gasteiger partial charge in [-0.1, -0.05) is 161 Å². The number of carbonyl (C=O) groups is 1. The SMILES string of the molecule is CCCCCCCCCCCCCCCCCCCCCCCCCC/C=C/C(=O)ON. The maximum Gasteiger partial charge on any atom is 0.348 e. The quantitative estimate of drug-likeness (QED) is 0.0808. The summed E-state index contributed by atoms with van der Waals surface area (Å²) in [5.74, 6) is 4.31. The first-order chi connectivity index (χ1) is 15.8. The molecule has 0 radical (unpaired) electrons. The van der Waals surface area contributed by atoms with E-state index in [1.807, 2.05) is 6.08 Å². The third-order valence-electron chi connectivity index (χ3n) is 6.59. The molecular formula is C29H57NO2. The molecular weight excluding hydrogens is 394 g/mol. The molecule has 0 aromatic rings. The zero-order valence-electron chi connectivity index (χ0n) is 21.7. The summed E-state index contributed by atoms with van der Waals surface area (Å²) in [6, 6.07) is 0. The lowest BCUT2D eigenvalue weighted by atomic mass is 10.0. The van der Waals surface area contributed by atoms with Crippen LogP contribution < -0.4 is 5.90 Å². The van der Waals surface area contributed by atoms with E-state index in [4.69, 9.17) is 5.90 Å². The Hall–Kier alpha value is -0.830. The number of hydrogen-bond acceptors (Lipinski definition) is 3. The molecule has 0 unspecified atom stereocenters. The zero-order valence-corrected chi connectivity index (χ0v) is 21.7. The summed E-state index contributed by atoms with van der Waals surface area (Å²) in [4.78, 5) is 14.9. The van der Waals surface area contributed by atoms with Gasteiger partial charge in [-0.25, -0.2) is 4.79 Å². The zero-order chi connectivity index (χ0) is 23.4. The van der Waals surface area contributed by atoms with Crippen LogP contribution in [0.4, 0.5) is 0 Å². The third-order valence-corrected chi connectivity index (χ3v) is 6.59. The van der Waals surface area contributed by atoms with Crippen molar-refractivity contribution < 1.29 is 9.63 Å². The van der Waals surface area contributed by atoms with Crippen LogP contribution in [0.2, 0.25) is 0 Å². The predicted octanol–water partition coefficient (Wildman–Crippen LogP) is 9.73. The lowest BCUT2D eigenvalue weighted by Crippen LogP contribution is -2.05. The van der Waals surface area contributed by atoms with Gasteiger partial charge in [0.15, 0.2) is 0 Å². The number of hydrogen-bond donors (Lipinski definition) is 1. The van der Waals surface area contributed by atoms with Crippen LogP contribution >= 0.6 is 0 Å². The third kappa shape index (κ3) is 27.2. The molecule has 0 aliphatic carbocycles. The fourth-order valence-corrected chi connectivity index (χ4v) is 4.44. The van der Waals surface area contributed by atoms with E-state index < -0.39 is 5.97 Å². The molecule has 0 aliphatic rings. The molecule has 0 amide bonds. The van der Waals surface area contributed by atoms with Gasteiger partial charge in [-0.2, -0.15) is 5.90 Å². The van der Waals surface area contributed by atoms with Crippen molar-refractivity contribution >= 4 is 5.97 Å². The summed E-state index contributed by atoms with van der Waals surface area (Å²) in [5, 5.41) is 0. The molecule has 0 bridgehead atoms. The molecule has 0 aliphatic heterocycles. The molecule has 0 fully saturated rings. The van der Waals surface area contributed by atoms with Gasteiger partial charge in [0, 0.05) is 6.08 Å². The second-order valence-corrected chi connectivity index (χ2v) is 9.76. The summed E-state index contributed by atoms with van der Waals surface area (Å²) in [6.07, 6.45) is 38.2. The Morgan fingerprint density at radius 3 is 1.09 bits per heavy atom. The smallest absolute Gasteiger partial charge is 0.348 e. The average Bonchev–Trinajstić information content (AvgIpc) is 2.81. The summed E-state index contributed by atoms with van der Waals surface area (Å²) in [6.45, 7) is 2.29. The first-order valence-electron chi connectivity index (χ1n) is 14.4. The van der Waals surface area contributed by atoms with Crippen LogP contribution in [0.25, 0.3) is 0 Å². The average molecular weight is 452 g/mol. The number of carbonyl (C=O) groups excluding carboxylic acids is 1. The lowest BCUT2D eigenvalue weighted by Gasteiger charge is -2.04. The minimum Gasteiger partial charge on any atom is -0.370 e. The van der Waals surface area contributed by atoms with Gasteiger partial charge in [-0.05, 0) is 12.8 Å². The van der Waals surface area contributed by atoms with Gasteiger partial charge in [-0.15, -0.1) is 0 Å². The van der Waals surface area contributed by atoms with Crippen LogP contribution in [0.15, 0.2) is 12.2 Å². The highest BCUT2D eigenvalue weighted by Crippen LogP contribution is 2.15. The molecule has 0 saturated carbocycles. The van der Waals surface area contributed by atoms with E-state index in [0.717, 1.165) is 12.8 Å². The number of unbranched alkanes of at least 4 members (excludes halogenated alkanes) is 24. The summed E-state index contributed by atoms with van der Waals surface area (Å²) >= 11 is 0. The van der Waals surface area contributed by atoms with E-state index in [-0.39, 0.29) is 0 Å². The molecule has 3 heteroatoms. The van der Waals surface area contributed by atoms with E-state index in [9.17, 15) is 4.79 Å². The standard InChI is InChI=1S/C29H57NO2/c1-2-3-4-5-6-7-8-9-10-11-12-13-14-15-16-17-18-19-20-21-22-23-24-25-26-27-28-29(31)32-30/h27-28H,2-26,30H2,1H3/b28-27+. The van der Waals surface area contributed by atoms with Crippen molar-refractivity contribution in [2.24, 2.45) is 5.90 Å². The van der Waals surface area contributed by atoms with Gasteiger partial charge in [0.1, 0.15) is 0 Å². The van der Waals surface area contributed by atoms with Crippen molar-refractivity contribution in [3.05, 3.63) is 12.2 Å². The Bertz CT molecular complexity index is 395. The Morgan fingerprint density at radius 1 is 0.531 bits per heavy atom. The van der Waals surface area contributed by atoms with Gasteiger partial charge in [0.05, 0.1) is 0 Å². The Balaban J connectivity index is 3.05. The second-order valence-electron chi connectivity index (χ2n) is 9.76. The topological polar surface area (TPSA) is 52.3 Å². The summed E-state index contributed by atoms with van der Waals surface area (Å²) < 4.78 is 0. The van der Waals surface area contributed by atoms with E-state index >= 15 is 0 Å². The first kappa shape index (κ1) is 31.2. The van der Waals surface area contributed by atoms with Crippen LogP contribution in [0.1, 0.15) is 167 Å². The van der Waals surface area contributed by atoms with E-state index in [1.165, 1.54) is 154 Å². The van der Waals surface area contributed by atoms with Crippen molar-refractivity contribution in [3.8, 4) is 0 Å². The van der Waals surface area contributed by atoms with Crippen molar-refractivity contribution in [2.75, 3.05) is 0 Å². The highest BCUT2D eigenvalue weighted by molar-refractivity contribution is 5.81. The monoisotopic (exact) mass is 451 g/mol. The molecule has 190 valence electrons. The van der Waals surface area contributed by atoms with Crippen LogP contribution in [0, 0.1) is 0 Å². The van der Waals surface area contributed by atoms with Crippen molar-refractivity contribution in [2.45, 2.75) is 167 Å². The van der Waals surface area contributed by atoms with Crippen LogP contribution in [0.3, 0.4) is 0 Å². The largest absolute Gasteiger partial charge is 0.370 e. The van der Waals surface area contributed by atoms with Gasteiger partial charge < -0.3 is 4.84 Å². The maximum atomic E-state index is 10.8. The Morgan fingerprint density at radius 2 is 0.812 bits per heavy atom. The van der Waals surface area contributed by atoms with Crippen LogP contribution in [-0.4, -0.2) is 5.97 Å². The van der Waals surface area contributed by atoms with Gasteiger partial charge >= 0.3 is 5.97 Å². The van der Waals surface area contributed by atoms with Gasteiger partial charge in [0.25, 0.3) is 0 Å². The van der Waals surface area contributed by atoms with E-state index in [0.29, 0.717) is 0 Å². The number of rotatable bonds is 26. The van der Waals surface area contributed by atoms with Gasteiger partial charge in [-0.3, -0.25) is 0 Å². The fourth-order valence-electron chi connectivity index (χ4n) is 4.44. The number of nitrogens with two attached hydrogens (primary N) is 1. The molecule has 0 saturated heterocycles. The molecule has 2 N–H and O–H groups in total. The Kier molecular flexibility index (Phi) is 27.5.